The molecule has 0 bridgehead atoms. The van der Waals surface area contributed by atoms with Crippen molar-refractivity contribution in [2.45, 2.75) is 57.6 Å². The second-order valence-electron chi connectivity index (χ2n) is 6.24. The van der Waals surface area contributed by atoms with E-state index in [9.17, 15) is 0 Å². The molecule has 0 saturated heterocycles. The van der Waals surface area contributed by atoms with Crippen molar-refractivity contribution in [1.29, 1.82) is 0 Å². The average molecular weight is 274 g/mol. The summed E-state index contributed by atoms with van der Waals surface area (Å²) in [6.07, 6.45) is 12.0. The molecule has 110 valence electrons. The van der Waals surface area contributed by atoms with Crippen molar-refractivity contribution in [2.24, 2.45) is 5.41 Å². The molecule has 1 N–H and O–H groups in total. The molecule has 1 aromatic heterocycles. The minimum Gasteiger partial charge on any atom is -0.378 e. The van der Waals surface area contributed by atoms with Crippen LogP contribution in [0.4, 0.5) is 0 Å². The maximum Gasteiger partial charge on any atom is 0.0661 e. The van der Waals surface area contributed by atoms with E-state index in [0.29, 0.717) is 17.6 Å². The molecule has 2 fully saturated rings. The van der Waals surface area contributed by atoms with Gasteiger partial charge in [0, 0.05) is 30.5 Å². The summed E-state index contributed by atoms with van der Waals surface area (Å²) in [5.74, 6) is 0. The summed E-state index contributed by atoms with van der Waals surface area (Å²) in [7, 11) is 0. The highest BCUT2D eigenvalue weighted by atomic mass is 16.5. The van der Waals surface area contributed by atoms with Crippen LogP contribution in [0.3, 0.4) is 0 Å². The smallest absolute Gasteiger partial charge is 0.0661 e. The first-order valence-corrected chi connectivity index (χ1v) is 8.09. The molecule has 2 atom stereocenters. The molecule has 0 radical (unpaired) electrons. The van der Waals surface area contributed by atoms with E-state index in [0.717, 1.165) is 19.6 Å². The number of ether oxygens (including phenoxy) is 1. The summed E-state index contributed by atoms with van der Waals surface area (Å²) in [5, 5.41) is 3.78. The lowest BCUT2D eigenvalue weighted by Gasteiger charge is -2.54. The van der Waals surface area contributed by atoms with E-state index < -0.39 is 0 Å². The highest BCUT2D eigenvalue weighted by Gasteiger charge is 2.56. The number of hydrogen-bond donors (Lipinski definition) is 1. The third kappa shape index (κ3) is 2.61. The molecule has 1 heterocycles. The van der Waals surface area contributed by atoms with Gasteiger partial charge in [0.25, 0.3) is 0 Å². The van der Waals surface area contributed by atoms with Crippen LogP contribution in [-0.2, 0) is 11.2 Å². The van der Waals surface area contributed by atoms with Gasteiger partial charge in [-0.25, -0.2) is 0 Å². The number of hydrogen-bond acceptors (Lipinski definition) is 3. The number of rotatable bonds is 6. The quantitative estimate of drug-likeness (QED) is 0.866. The van der Waals surface area contributed by atoms with Gasteiger partial charge in [0.05, 0.1) is 6.10 Å². The van der Waals surface area contributed by atoms with Crippen LogP contribution in [-0.4, -0.2) is 30.3 Å². The van der Waals surface area contributed by atoms with Crippen LogP contribution < -0.4 is 5.32 Å². The second-order valence-corrected chi connectivity index (χ2v) is 6.24. The van der Waals surface area contributed by atoms with Gasteiger partial charge in [-0.1, -0.05) is 18.9 Å². The zero-order chi connectivity index (χ0) is 13.8. The van der Waals surface area contributed by atoms with Crippen LogP contribution in [0.25, 0.3) is 0 Å². The lowest BCUT2D eigenvalue weighted by molar-refractivity contribution is -0.130. The molecule has 2 saturated carbocycles. The second kappa shape index (κ2) is 6.23. The molecule has 0 amide bonds. The lowest BCUT2D eigenvalue weighted by atomic mass is 9.60. The first-order valence-electron chi connectivity index (χ1n) is 8.09. The highest BCUT2D eigenvalue weighted by Crippen LogP contribution is 2.54. The number of nitrogens with one attached hydrogen (secondary N) is 1. The van der Waals surface area contributed by atoms with E-state index >= 15 is 0 Å². The monoisotopic (exact) mass is 274 g/mol. The topological polar surface area (TPSA) is 34.1 Å². The Hall–Kier alpha value is -0.930. The van der Waals surface area contributed by atoms with Crippen LogP contribution >= 0.6 is 0 Å². The molecule has 1 spiro atoms. The SMILES string of the molecule is CCOC1CC(NCCc2cccnc2)C12CCCC2. The van der Waals surface area contributed by atoms with Gasteiger partial charge in [0.15, 0.2) is 0 Å². The fraction of sp³-hybridized carbons (Fsp3) is 0.706. The van der Waals surface area contributed by atoms with Crippen molar-refractivity contribution < 1.29 is 4.74 Å². The normalized spacial score (nSPS) is 27.6. The lowest BCUT2D eigenvalue weighted by Crippen LogP contribution is -2.62. The van der Waals surface area contributed by atoms with Gasteiger partial charge < -0.3 is 10.1 Å². The van der Waals surface area contributed by atoms with Crippen molar-refractivity contribution in [2.75, 3.05) is 13.2 Å². The molecular formula is C17H26N2O. The van der Waals surface area contributed by atoms with Gasteiger partial charge in [-0.05, 0) is 50.8 Å². The molecular weight excluding hydrogens is 248 g/mol. The van der Waals surface area contributed by atoms with Crippen LogP contribution in [0.1, 0.15) is 44.6 Å². The molecule has 2 unspecified atom stereocenters. The third-order valence-corrected chi connectivity index (χ3v) is 5.21. The van der Waals surface area contributed by atoms with Gasteiger partial charge in [0.1, 0.15) is 0 Å². The highest BCUT2D eigenvalue weighted by molar-refractivity contribution is 5.12. The van der Waals surface area contributed by atoms with Gasteiger partial charge in [0.2, 0.25) is 0 Å². The van der Waals surface area contributed by atoms with E-state index in [1.807, 2.05) is 18.5 Å². The Bertz CT molecular complexity index is 414. The number of pyridine rings is 1. The first kappa shape index (κ1) is 14.0. The van der Waals surface area contributed by atoms with E-state index in [1.165, 1.54) is 37.7 Å². The predicted octanol–water partition coefficient (Wildman–Crippen LogP) is 2.95. The van der Waals surface area contributed by atoms with Crippen molar-refractivity contribution in [1.82, 2.24) is 10.3 Å². The molecule has 0 aromatic carbocycles. The maximum absolute atomic E-state index is 5.96. The molecule has 2 aliphatic rings. The summed E-state index contributed by atoms with van der Waals surface area (Å²) in [6.45, 7) is 4.03. The summed E-state index contributed by atoms with van der Waals surface area (Å²) in [6, 6.07) is 4.84. The van der Waals surface area contributed by atoms with Crippen LogP contribution in [0.5, 0.6) is 0 Å². The Balaban J connectivity index is 1.51. The number of nitrogens with zero attached hydrogens (tertiary/aromatic N) is 1. The Morgan fingerprint density at radius 1 is 1.40 bits per heavy atom. The molecule has 1 aromatic rings. The minimum atomic E-state index is 0.449. The molecule has 3 rings (SSSR count). The Kier molecular flexibility index (Phi) is 4.37. The van der Waals surface area contributed by atoms with E-state index in [-0.39, 0.29) is 0 Å². The summed E-state index contributed by atoms with van der Waals surface area (Å²) < 4.78 is 5.96. The molecule has 2 aliphatic carbocycles. The van der Waals surface area contributed by atoms with Crippen LogP contribution in [0.2, 0.25) is 0 Å². The van der Waals surface area contributed by atoms with Crippen LogP contribution in [0, 0.1) is 5.41 Å². The van der Waals surface area contributed by atoms with E-state index in [2.05, 4.69) is 23.3 Å². The van der Waals surface area contributed by atoms with E-state index in [1.54, 1.807) is 0 Å². The Morgan fingerprint density at radius 2 is 2.25 bits per heavy atom. The zero-order valence-corrected chi connectivity index (χ0v) is 12.5. The predicted molar refractivity (Wildman–Crippen MR) is 80.7 cm³/mol. The summed E-state index contributed by atoms with van der Waals surface area (Å²) in [5.41, 5.74) is 1.77. The Morgan fingerprint density at radius 3 is 2.95 bits per heavy atom. The average Bonchev–Trinajstić information content (AvgIpc) is 2.99. The Labute approximate surface area is 122 Å². The summed E-state index contributed by atoms with van der Waals surface area (Å²) in [4.78, 5) is 4.18. The summed E-state index contributed by atoms with van der Waals surface area (Å²) >= 11 is 0. The number of aromatic nitrogens is 1. The van der Waals surface area contributed by atoms with Crippen LogP contribution in [0.15, 0.2) is 24.5 Å². The van der Waals surface area contributed by atoms with Crippen molar-refractivity contribution >= 4 is 0 Å². The first-order chi connectivity index (χ1) is 9.85. The fourth-order valence-corrected chi connectivity index (χ4v) is 4.11. The standard InChI is InChI=1S/C17H26N2O/c1-2-20-16-12-15(17(16)8-3-4-9-17)19-11-7-14-6-5-10-18-13-14/h5-6,10,13,15-16,19H,2-4,7-9,11-12H2,1H3. The zero-order valence-electron chi connectivity index (χ0n) is 12.5. The molecule has 3 nitrogen and oxygen atoms in total. The van der Waals surface area contributed by atoms with Gasteiger partial charge in [-0.3, -0.25) is 4.98 Å². The van der Waals surface area contributed by atoms with Crippen molar-refractivity contribution in [3.8, 4) is 0 Å². The largest absolute Gasteiger partial charge is 0.378 e. The molecule has 0 aliphatic heterocycles. The minimum absolute atomic E-state index is 0.449. The van der Waals surface area contributed by atoms with E-state index in [4.69, 9.17) is 4.74 Å². The van der Waals surface area contributed by atoms with Gasteiger partial charge >= 0.3 is 0 Å². The fourth-order valence-electron chi connectivity index (χ4n) is 4.11. The third-order valence-electron chi connectivity index (χ3n) is 5.21. The van der Waals surface area contributed by atoms with Gasteiger partial charge in [-0.15, -0.1) is 0 Å². The van der Waals surface area contributed by atoms with Crippen molar-refractivity contribution in [3.05, 3.63) is 30.1 Å². The van der Waals surface area contributed by atoms with Gasteiger partial charge in [-0.2, -0.15) is 0 Å². The molecule has 3 heteroatoms. The van der Waals surface area contributed by atoms with Crippen molar-refractivity contribution in [3.63, 3.8) is 0 Å². The molecule has 20 heavy (non-hydrogen) atoms. The maximum atomic E-state index is 5.96.